The van der Waals surface area contributed by atoms with Gasteiger partial charge in [-0.15, -0.1) is 12.4 Å². The van der Waals surface area contributed by atoms with E-state index in [1.54, 1.807) is 36.4 Å². The zero-order chi connectivity index (χ0) is 21.8. The van der Waals surface area contributed by atoms with E-state index in [9.17, 15) is 9.59 Å². The number of fused-ring (bicyclic) bond motifs is 1. The van der Waals surface area contributed by atoms with Crippen molar-refractivity contribution in [2.24, 2.45) is 17.6 Å². The molecule has 32 heavy (non-hydrogen) atoms. The molecule has 0 unspecified atom stereocenters. The fourth-order valence-corrected chi connectivity index (χ4v) is 4.02. The number of guanidine groups is 1. The average Bonchev–Trinajstić information content (AvgIpc) is 2.78. The number of hydrogen-bond donors (Lipinski definition) is 3. The molecule has 1 saturated carbocycles. The molecule has 0 bridgehead atoms. The van der Waals surface area contributed by atoms with Crippen LogP contribution in [-0.2, 0) is 4.79 Å². The summed E-state index contributed by atoms with van der Waals surface area (Å²) >= 11 is 0. The van der Waals surface area contributed by atoms with Crippen LogP contribution in [0.5, 0.6) is 5.75 Å². The summed E-state index contributed by atoms with van der Waals surface area (Å²) in [5.41, 5.74) is 6.41. The van der Waals surface area contributed by atoms with Gasteiger partial charge in [-0.3, -0.25) is 15.0 Å². The Kier molecular flexibility index (Phi) is 7.53. The minimum Gasteiger partial charge on any atom is -0.456 e. The van der Waals surface area contributed by atoms with E-state index in [2.05, 4.69) is 5.32 Å². The highest BCUT2D eigenvalue weighted by atomic mass is 35.5. The van der Waals surface area contributed by atoms with E-state index < -0.39 is 0 Å². The van der Waals surface area contributed by atoms with Gasteiger partial charge >= 0.3 is 5.97 Å². The molecule has 7 nitrogen and oxygen atoms in total. The highest BCUT2D eigenvalue weighted by Crippen LogP contribution is 2.31. The van der Waals surface area contributed by atoms with Gasteiger partial charge in [0, 0.05) is 18.2 Å². The molecule has 0 aliphatic heterocycles. The van der Waals surface area contributed by atoms with Crippen LogP contribution in [0.4, 0.5) is 0 Å². The van der Waals surface area contributed by atoms with Crippen molar-refractivity contribution in [2.45, 2.75) is 25.7 Å². The van der Waals surface area contributed by atoms with Crippen molar-refractivity contribution in [1.29, 1.82) is 5.41 Å². The third kappa shape index (κ3) is 5.48. The highest BCUT2D eigenvalue weighted by molar-refractivity contribution is 5.85. The molecule has 8 heteroatoms. The van der Waals surface area contributed by atoms with Crippen LogP contribution in [0.25, 0.3) is 22.3 Å². The maximum atomic E-state index is 12.7. The number of para-hydroxylation sites is 1. The lowest BCUT2D eigenvalue weighted by Gasteiger charge is -2.27. The number of carbonyl (C=O) groups excluding carboxylic acids is 1. The van der Waals surface area contributed by atoms with Crippen molar-refractivity contribution < 1.29 is 13.9 Å². The topological polar surface area (TPSA) is 118 Å². The third-order valence-corrected chi connectivity index (χ3v) is 5.73. The van der Waals surface area contributed by atoms with Crippen LogP contribution >= 0.6 is 12.4 Å². The van der Waals surface area contributed by atoms with Gasteiger partial charge in [-0.25, -0.2) is 0 Å². The molecule has 168 valence electrons. The molecule has 3 aromatic rings. The van der Waals surface area contributed by atoms with Crippen LogP contribution in [0.3, 0.4) is 0 Å². The van der Waals surface area contributed by atoms with Crippen LogP contribution in [0.15, 0.2) is 63.8 Å². The predicted molar refractivity (Wildman–Crippen MR) is 126 cm³/mol. The van der Waals surface area contributed by atoms with Crippen molar-refractivity contribution in [3.05, 3.63) is 64.8 Å². The molecule has 0 atom stereocenters. The predicted octanol–water partition coefficient (Wildman–Crippen LogP) is 4.08. The van der Waals surface area contributed by atoms with Crippen LogP contribution in [0.2, 0.25) is 0 Å². The summed E-state index contributed by atoms with van der Waals surface area (Å²) in [5.74, 6) is 0.862. The third-order valence-electron chi connectivity index (χ3n) is 5.73. The van der Waals surface area contributed by atoms with Crippen LogP contribution in [0.1, 0.15) is 25.7 Å². The molecule has 2 aromatic carbocycles. The monoisotopic (exact) mass is 455 g/mol. The fourth-order valence-electron chi connectivity index (χ4n) is 4.02. The Morgan fingerprint density at radius 3 is 2.59 bits per heavy atom. The normalized spacial score (nSPS) is 17.9. The number of rotatable bonds is 5. The first-order valence-electron chi connectivity index (χ1n) is 10.4. The van der Waals surface area contributed by atoms with Crippen molar-refractivity contribution in [1.82, 2.24) is 5.32 Å². The Morgan fingerprint density at radius 1 is 1.09 bits per heavy atom. The molecule has 1 aromatic heterocycles. The van der Waals surface area contributed by atoms with Gasteiger partial charge in [0.05, 0.1) is 11.3 Å². The summed E-state index contributed by atoms with van der Waals surface area (Å²) in [6.07, 6.45) is 3.29. The summed E-state index contributed by atoms with van der Waals surface area (Å²) in [5, 5.41) is 10.6. The molecular weight excluding hydrogens is 430 g/mol. The molecule has 1 aliphatic carbocycles. The first-order chi connectivity index (χ1) is 15.0. The first-order valence-corrected chi connectivity index (χ1v) is 10.4. The number of carbonyl (C=O) groups is 1. The van der Waals surface area contributed by atoms with Crippen molar-refractivity contribution >= 4 is 35.3 Å². The Morgan fingerprint density at radius 2 is 1.84 bits per heavy atom. The van der Waals surface area contributed by atoms with E-state index in [-0.39, 0.29) is 35.7 Å². The van der Waals surface area contributed by atoms with Gasteiger partial charge in [-0.1, -0.05) is 24.3 Å². The molecule has 4 N–H and O–H groups in total. The van der Waals surface area contributed by atoms with Crippen LogP contribution in [0, 0.1) is 17.2 Å². The second-order valence-electron chi connectivity index (χ2n) is 7.93. The number of nitrogens with two attached hydrogens (primary N) is 1. The van der Waals surface area contributed by atoms with Crippen LogP contribution in [-0.4, -0.2) is 18.5 Å². The summed E-state index contributed by atoms with van der Waals surface area (Å²) in [7, 11) is 0. The molecule has 1 fully saturated rings. The number of esters is 1. The maximum absolute atomic E-state index is 12.7. The van der Waals surface area contributed by atoms with Gasteiger partial charge in [-0.05, 0) is 55.9 Å². The van der Waals surface area contributed by atoms with E-state index >= 15 is 0 Å². The zero-order valence-electron chi connectivity index (χ0n) is 17.5. The minimum absolute atomic E-state index is 0. The molecule has 1 heterocycles. The van der Waals surface area contributed by atoms with Gasteiger partial charge < -0.3 is 20.2 Å². The van der Waals surface area contributed by atoms with Gasteiger partial charge in [0.25, 0.3) is 0 Å². The second-order valence-corrected chi connectivity index (χ2v) is 7.93. The van der Waals surface area contributed by atoms with E-state index in [4.69, 9.17) is 20.3 Å². The minimum atomic E-state index is -0.241. The van der Waals surface area contributed by atoms with Crippen LogP contribution < -0.4 is 21.2 Å². The Bertz CT molecular complexity index is 1170. The van der Waals surface area contributed by atoms with E-state index in [0.29, 0.717) is 40.5 Å². The zero-order valence-corrected chi connectivity index (χ0v) is 18.3. The summed E-state index contributed by atoms with van der Waals surface area (Å²) in [4.78, 5) is 25.0. The number of ether oxygens (including phenoxy) is 1. The quantitative estimate of drug-likeness (QED) is 0.231. The number of nitrogens with one attached hydrogen (secondary N) is 2. The Balaban J connectivity index is 0.00000289. The van der Waals surface area contributed by atoms with Gasteiger partial charge in [0.2, 0.25) is 0 Å². The summed E-state index contributed by atoms with van der Waals surface area (Å²) < 4.78 is 11.5. The number of hydrogen-bond acceptors (Lipinski definition) is 5. The molecule has 0 radical (unpaired) electrons. The molecule has 0 amide bonds. The summed E-state index contributed by atoms with van der Waals surface area (Å²) in [6.45, 7) is 0.663. The second kappa shape index (κ2) is 10.3. The molecule has 1 aliphatic rings. The maximum Gasteiger partial charge on any atom is 0.314 e. The summed E-state index contributed by atoms with van der Waals surface area (Å²) in [6, 6.07) is 15.6. The fraction of sp³-hybridized carbons (Fsp3) is 0.292. The van der Waals surface area contributed by atoms with Crippen molar-refractivity contribution in [2.75, 3.05) is 6.54 Å². The lowest BCUT2D eigenvalue weighted by molar-refractivity contribution is -0.140. The smallest absolute Gasteiger partial charge is 0.314 e. The first kappa shape index (κ1) is 23.3. The standard InChI is InChI=1S/C24H25N3O4.ClH/c25-24(26)27-14-15-8-10-16(11-9-15)23(29)30-18-5-3-4-17(12-18)22-13-20(28)19-6-1-2-7-21(19)31-22;/h1-7,12-13,15-16H,8-11,14H2,(H4,25,26,27);1H/t15-,16-;. The van der Waals surface area contributed by atoms with Crippen molar-refractivity contribution in [3.63, 3.8) is 0 Å². The lowest BCUT2D eigenvalue weighted by atomic mass is 9.82. The Labute approximate surface area is 191 Å². The average molecular weight is 456 g/mol. The van der Waals surface area contributed by atoms with Gasteiger partial charge in [0.15, 0.2) is 11.4 Å². The lowest BCUT2D eigenvalue weighted by Crippen LogP contribution is -2.36. The van der Waals surface area contributed by atoms with Gasteiger partial charge in [0.1, 0.15) is 17.1 Å². The molecule has 4 rings (SSSR count). The number of halogens is 1. The molecule has 0 spiro atoms. The largest absolute Gasteiger partial charge is 0.456 e. The van der Waals surface area contributed by atoms with E-state index in [0.717, 1.165) is 25.7 Å². The molecular formula is C24H26ClN3O4. The SMILES string of the molecule is Cl.N=C(N)NC[C@H]1CC[C@H](C(=O)Oc2cccc(-c3cc(=O)c4ccccc4o3)c2)CC1. The van der Waals surface area contributed by atoms with Crippen molar-refractivity contribution in [3.8, 4) is 17.1 Å². The number of benzene rings is 2. The Hall–Kier alpha value is -3.32. The highest BCUT2D eigenvalue weighted by Gasteiger charge is 2.27. The van der Waals surface area contributed by atoms with Gasteiger partial charge in [-0.2, -0.15) is 0 Å². The van der Waals surface area contributed by atoms with E-state index in [1.165, 1.54) is 6.07 Å². The van der Waals surface area contributed by atoms with E-state index in [1.807, 2.05) is 12.1 Å². The molecule has 0 saturated heterocycles.